The number of hydrogen-bond acceptors (Lipinski definition) is 3. The molecule has 3 nitrogen and oxygen atoms in total. The highest BCUT2D eigenvalue weighted by Gasteiger charge is 2.25. The lowest BCUT2D eigenvalue weighted by molar-refractivity contribution is 0.173. The number of rotatable bonds is 1. The highest BCUT2D eigenvalue weighted by Crippen LogP contribution is 2.44. The van der Waals surface area contributed by atoms with Crippen molar-refractivity contribution >= 4 is 15.9 Å². The summed E-state index contributed by atoms with van der Waals surface area (Å²) in [5, 5.41) is 3.57. The Kier molecular flexibility index (Phi) is 3.01. The van der Waals surface area contributed by atoms with Gasteiger partial charge in [0.25, 0.3) is 0 Å². The van der Waals surface area contributed by atoms with E-state index in [1.54, 1.807) is 0 Å². The van der Waals surface area contributed by atoms with Crippen LogP contribution >= 0.6 is 15.9 Å². The minimum absolute atomic E-state index is 0.337. The Morgan fingerprint density at radius 3 is 3.00 bits per heavy atom. The van der Waals surface area contributed by atoms with Gasteiger partial charge in [0.2, 0.25) is 6.79 Å². The number of ether oxygens (including phenoxy) is 2. The molecule has 0 amide bonds. The Balaban J connectivity index is 2.01. The van der Waals surface area contributed by atoms with Crippen LogP contribution in [0.4, 0.5) is 0 Å². The van der Waals surface area contributed by atoms with Crippen molar-refractivity contribution in [2.24, 2.45) is 0 Å². The van der Waals surface area contributed by atoms with Crippen LogP contribution in [-0.2, 0) is 0 Å². The van der Waals surface area contributed by atoms with Crippen LogP contribution in [0.1, 0.15) is 36.4 Å². The predicted molar refractivity (Wildman–Crippen MR) is 69.6 cm³/mol. The van der Waals surface area contributed by atoms with Crippen molar-refractivity contribution in [2.45, 2.75) is 32.2 Å². The molecule has 2 heterocycles. The smallest absolute Gasteiger partial charge is 0.231 e. The summed E-state index contributed by atoms with van der Waals surface area (Å²) in [4.78, 5) is 0. The number of halogens is 1. The second-order valence-electron chi connectivity index (χ2n) is 4.64. The predicted octanol–water partition coefficient (Wildman–Crippen LogP) is 3.30. The Bertz CT molecular complexity index is 442. The van der Waals surface area contributed by atoms with E-state index >= 15 is 0 Å². The van der Waals surface area contributed by atoms with E-state index in [0.29, 0.717) is 12.8 Å². The lowest BCUT2D eigenvalue weighted by Gasteiger charge is -2.25. The molecule has 92 valence electrons. The summed E-state index contributed by atoms with van der Waals surface area (Å²) in [6, 6.07) is 2.55. The van der Waals surface area contributed by atoms with Gasteiger partial charge >= 0.3 is 0 Å². The first-order chi connectivity index (χ1) is 8.27. The third-order valence-corrected chi connectivity index (χ3v) is 4.59. The van der Waals surface area contributed by atoms with E-state index in [-0.39, 0.29) is 0 Å². The van der Waals surface area contributed by atoms with E-state index in [0.717, 1.165) is 28.1 Å². The molecular formula is C13H16BrNO2. The fourth-order valence-electron chi connectivity index (χ4n) is 2.58. The molecule has 1 aromatic carbocycles. The maximum atomic E-state index is 5.49. The molecule has 1 aromatic rings. The van der Waals surface area contributed by atoms with Crippen LogP contribution in [0, 0.1) is 6.92 Å². The molecule has 0 spiro atoms. The van der Waals surface area contributed by atoms with Crippen molar-refractivity contribution in [3.63, 3.8) is 0 Å². The summed E-state index contributed by atoms with van der Waals surface area (Å²) in [7, 11) is 0. The van der Waals surface area contributed by atoms with E-state index in [2.05, 4.69) is 34.2 Å². The van der Waals surface area contributed by atoms with Crippen molar-refractivity contribution in [2.75, 3.05) is 13.3 Å². The van der Waals surface area contributed by atoms with Crippen molar-refractivity contribution in [3.8, 4) is 11.5 Å². The molecule has 17 heavy (non-hydrogen) atoms. The Morgan fingerprint density at radius 1 is 1.35 bits per heavy atom. The summed E-state index contributed by atoms with van der Waals surface area (Å²) in [6.45, 7) is 3.51. The van der Waals surface area contributed by atoms with Crippen molar-refractivity contribution < 1.29 is 9.47 Å². The van der Waals surface area contributed by atoms with Gasteiger partial charge in [-0.05, 0) is 37.9 Å². The zero-order chi connectivity index (χ0) is 11.8. The minimum atomic E-state index is 0.337. The van der Waals surface area contributed by atoms with Crippen molar-refractivity contribution in [1.82, 2.24) is 5.32 Å². The molecular weight excluding hydrogens is 282 g/mol. The van der Waals surface area contributed by atoms with Gasteiger partial charge in [-0.3, -0.25) is 0 Å². The average molecular weight is 298 g/mol. The molecule has 0 aliphatic carbocycles. The van der Waals surface area contributed by atoms with Gasteiger partial charge in [0.05, 0.1) is 0 Å². The van der Waals surface area contributed by atoms with Gasteiger partial charge < -0.3 is 14.8 Å². The summed E-state index contributed by atoms with van der Waals surface area (Å²) in [5.74, 6) is 1.77. The molecule has 0 saturated carbocycles. The van der Waals surface area contributed by atoms with Crippen molar-refractivity contribution in [3.05, 3.63) is 21.7 Å². The molecule has 0 bridgehead atoms. The second kappa shape index (κ2) is 4.50. The molecule has 4 heteroatoms. The Hall–Kier alpha value is -0.740. The van der Waals surface area contributed by atoms with Gasteiger partial charge in [-0.1, -0.05) is 22.4 Å². The first-order valence-electron chi connectivity index (χ1n) is 6.09. The highest BCUT2D eigenvalue weighted by molar-refractivity contribution is 9.10. The summed E-state index contributed by atoms with van der Waals surface area (Å²) in [6.07, 6.45) is 3.76. The standard InChI is InChI=1S/C13H16BrNO2/c1-8-12(14)9(10-4-2-3-5-15-10)6-11-13(8)17-7-16-11/h6,10,15H,2-5,7H2,1H3. The maximum Gasteiger partial charge on any atom is 0.231 e. The zero-order valence-corrected chi connectivity index (χ0v) is 11.5. The van der Waals surface area contributed by atoms with E-state index in [1.807, 2.05) is 0 Å². The maximum absolute atomic E-state index is 5.49. The molecule has 2 aliphatic rings. The SMILES string of the molecule is Cc1c(Br)c(C2CCCCN2)cc2c1OCO2. The van der Waals surface area contributed by atoms with Crippen LogP contribution in [0.2, 0.25) is 0 Å². The third-order valence-electron chi connectivity index (χ3n) is 3.54. The number of benzene rings is 1. The largest absolute Gasteiger partial charge is 0.454 e. The quantitative estimate of drug-likeness (QED) is 0.863. The average Bonchev–Trinajstić information content (AvgIpc) is 2.83. The first-order valence-corrected chi connectivity index (χ1v) is 6.88. The van der Waals surface area contributed by atoms with Gasteiger partial charge in [-0.2, -0.15) is 0 Å². The second-order valence-corrected chi connectivity index (χ2v) is 5.43. The molecule has 0 aromatic heterocycles. The lowest BCUT2D eigenvalue weighted by Crippen LogP contribution is -2.27. The molecule has 0 radical (unpaired) electrons. The molecule has 3 rings (SSSR count). The molecule has 1 unspecified atom stereocenters. The highest BCUT2D eigenvalue weighted by atomic mass is 79.9. The van der Waals surface area contributed by atoms with Crippen LogP contribution in [0.3, 0.4) is 0 Å². The summed E-state index contributed by atoms with van der Waals surface area (Å²) >= 11 is 3.69. The topological polar surface area (TPSA) is 30.5 Å². The van der Waals surface area contributed by atoms with Gasteiger partial charge in [-0.25, -0.2) is 0 Å². The number of hydrogen-bond donors (Lipinski definition) is 1. The number of fused-ring (bicyclic) bond motifs is 1. The molecule has 1 saturated heterocycles. The van der Waals surface area contributed by atoms with E-state index in [1.165, 1.54) is 24.8 Å². The Morgan fingerprint density at radius 2 is 2.24 bits per heavy atom. The van der Waals surface area contributed by atoms with Crippen LogP contribution in [0.25, 0.3) is 0 Å². The fourth-order valence-corrected chi connectivity index (χ4v) is 3.15. The van der Waals surface area contributed by atoms with Crippen LogP contribution in [-0.4, -0.2) is 13.3 Å². The number of piperidine rings is 1. The van der Waals surface area contributed by atoms with Gasteiger partial charge in [-0.15, -0.1) is 0 Å². The van der Waals surface area contributed by atoms with Gasteiger partial charge in [0.1, 0.15) is 0 Å². The van der Waals surface area contributed by atoms with Gasteiger partial charge in [0, 0.05) is 16.1 Å². The minimum Gasteiger partial charge on any atom is -0.454 e. The van der Waals surface area contributed by atoms with Crippen LogP contribution in [0.15, 0.2) is 10.5 Å². The third kappa shape index (κ3) is 1.93. The van der Waals surface area contributed by atoms with E-state index in [4.69, 9.17) is 9.47 Å². The summed E-state index contributed by atoms with van der Waals surface area (Å²) < 4.78 is 12.1. The van der Waals surface area contributed by atoms with Crippen LogP contribution < -0.4 is 14.8 Å². The molecule has 1 N–H and O–H groups in total. The lowest BCUT2D eigenvalue weighted by atomic mass is 9.96. The fraction of sp³-hybridized carbons (Fsp3) is 0.538. The molecule has 1 atom stereocenters. The number of nitrogens with one attached hydrogen (secondary N) is 1. The molecule has 2 aliphatic heterocycles. The summed E-state index contributed by atoms with van der Waals surface area (Å²) in [5.41, 5.74) is 2.44. The van der Waals surface area contributed by atoms with E-state index in [9.17, 15) is 0 Å². The van der Waals surface area contributed by atoms with Crippen LogP contribution in [0.5, 0.6) is 11.5 Å². The normalized spacial score (nSPS) is 22.8. The first kappa shape index (κ1) is 11.4. The molecule has 1 fully saturated rings. The monoisotopic (exact) mass is 297 g/mol. The Labute approximate surface area is 110 Å². The van der Waals surface area contributed by atoms with E-state index < -0.39 is 0 Å². The van der Waals surface area contributed by atoms with Crippen molar-refractivity contribution in [1.29, 1.82) is 0 Å². The van der Waals surface area contributed by atoms with Gasteiger partial charge in [0.15, 0.2) is 11.5 Å². The zero-order valence-electron chi connectivity index (χ0n) is 9.88.